The van der Waals surface area contributed by atoms with Gasteiger partial charge >= 0.3 is 0 Å². The van der Waals surface area contributed by atoms with Crippen LogP contribution in [0.4, 0.5) is 4.39 Å². The second-order valence-corrected chi connectivity index (χ2v) is 7.61. The van der Waals surface area contributed by atoms with E-state index >= 15 is 0 Å². The third kappa shape index (κ3) is 4.47. The molecule has 3 heterocycles. The van der Waals surface area contributed by atoms with Gasteiger partial charge in [-0.15, -0.1) is 0 Å². The van der Waals surface area contributed by atoms with Crippen LogP contribution in [-0.4, -0.2) is 53.7 Å². The van der Waals surface area contributed by atoms with Gasteiger partial charge in [-0.05, 0) is 25.1 Å². The number of aromatic nitrogens is 5. The SMILES string of the molecule is CCOc1cccc(-c2nc3nc(F)c(CN[SH](=O)=O)nc3n2-c2c(OC)cccc2OC)n1. The fraction of sp³-hybridized carbons (Fsp3) is 0.238. The number of nitrogens with one attached hydrogen (secondary N) is 1. The van der Waals surface area contributed by atoms with Gasteiger partial charge in [-0.3, -0.25) is 4.57 Å². The van der Waals surface area contributed by atoms with Crippen molar-refractivity contribution in [2.45, 2.75) is 13.5 Å². The molecule has 0 saturated carbocycles. The Morgan fingerprint density at radius 3 is 2.35 bits per heavy atom. The maximum absolute atomic E-state index is 14.6. The largest absolute Gasteiger partial charge is 0.494 e. The van der Waals surface area contributed by atoms with Crippen LogP contribution in [0.5, 0.6) is 17.4 Å². The van der Waals surface area contributed by atoms with E-state index in [4.69, 9.17) is 14.2 Å². The van der Waals surface area contributed by atoms with Crippen molar-refractivity contribution in [2.24, 2.45) is 0 Å². The summed E-state index contributed by atoms with van der Waals surface area (Å²) in [6.45, 7) is 1.88. The summed E-state index contributed by atoms with van der Waals surface area (Å²) in [5.41, 5.74) is 0.772. The van der Waals surface area contributed by atoms with Crippen LogP contribution in [0.15, 0.2) is 36.4 Å². The molecular weight excluding hydrogens is 467 g/mol. The molecule has 34 heavy (non-hydrogen) atoms. The molecule has 3 aromatic heterocycles. The number of thiol groups is 1. The summed E-state index contributed by atoms with van der Waals surface area (Å²) in [5, 5.41) is 0. The summed E-state index contributed by atoms with van der Waals surface area (Å²) in [5.74, 6) is 0.556. The predicted molar refractivity (Wildman–Crippen MR) is 121 cm³/mol. The smallest absolute Gasteiger partial charge is 0.238 e. The lowest BCUT2D eigenvalue weighted by molar-refractivity contribution is 0.327. The third-order valence-corrected chi connectivity index (χ3v) is 5.18. The predicted octanol–water partition coefficient (Wildman–Crippen LogP) is 2.05. The van der Waals surface area contributed by atoms with Crippen molar-refractivity contribution < 1.29 is 27.0 Å². The van der Waals surface area contributed by atoms with Gasteiger partial charge in [0.15, 0.2) is 11.5 Å². The van der Waals surface area contributed by atoms with Crippen LogP contribution in [0.3, 0.4) is 0 Å². The number of methoxy groups -OCH3 is 2. The maximum Gasteiger partial charge on any atom is 0.238 e. The van der Waals surface area contributed by atoms with Crippen LogP contribution in [0, 0.1) is 5.95 Å². The van der Waals surface area contributed by atoms with Crippen molar-refractivity contribution in [3.05, 3.63) is 48.0 Å². The molecular formula is C21H21FN6O5S. The molecule has 0 amide bonds. The molecule has 0 saturated heterocycles. The Bertz CT molecular complexity index is 1390. The summed E-state index contributed by atoms with van der Waals surface area (Å²) in [4.78, 5) is 17.2. The van der Waals surface area contributed by atoms with E-state index in [2.05, 4.69) is 24.7 Å². The van der Waals surface area contributed by atoms with Crippen LogP contribution < -0.4 is 18.9 Å². The molecule has 0 aliphatic rings. The molecule has 0 unspecified atom stereocenters. The lowest BCUT2D eigenvalue weighted by atomic mass is 10.2. The van der Waals surface area contributed by atoms with E-state index < -0.39 is 16.8 Å². The van der Waals surface area contributed by atoms with Crippen LogP contribution in [-0.2, 0) is 17.4 Å². The highest BCUT2D eigenvalue weighted by atomic mass is 32.2. The van der Waals surface area contributed by atoms with Gasteiger partial charge in [0, 0.05) is 6.07 Å². The lowest BCUT2D eigenvalue weighted by Crippen LogP contribution is -2.14. The average Bonchev–Trinajstić information content (AvgIpc) is 3.19. The fourth-order valence-electron chi connectivity index (χ4n) is 3.36. The first-order valence-electron chi connectivity index (χ1n) is 10.1. The maximum atomic E-state index is 14.6. The average molecular weight is 489 g/mol. The molecule has 0 radical (unpaired) electrons. The number of hydrogen-bond donors (Lipinski definition) is 2. The topological polar surface area (TPSA) is 130 Å². The van der Waals surface area contributed by atoms with Gasteiger partial charge in [0.25, 0.3) is 0 Å². The van der Waals surface area contributed by atoms with E-state index in [0.717, 1.165) is 0 Å². The van der Waals surface area contributed by atoms with Crippen molar-refractivity contribution in [3.63, 3.8) is 0 Å². The zero-order chi connectivity index (χ0) is 24.2. The zero-order valence-electron chi connectivity index (χ0n) is 18.5. The number of hydrogen-bond acceptors (Lipinski definition) is 9. The third-order valence-electron chi connectivity index (χ3n) is 4.76. The number of pyridine rings is 1. The highest BCUT2D eigenvalue weighted by Gasteiger charge is 2.25. The normalized spacial score (nSPS) is 11.2. The minimum Gasteiger partial charge on any atom is -0.494 e. The number of nitrogens with zero attached hydrogens (tertiary/aromatic N) is 5. The number of halogens is 1. The van der Waals surface area contributed by atoms with Crippen molar-refractivity contribution in [1.82, 2.24) is 29.2 Å². The summed E-state index contributed by atoms with van der Waals surface area (Å²) >= 11 is 0. The number of imidazole rings is 1. The van der Waals surface area contributed by atoms with Gasteiger partial charge in [-0.1, -0.05) is 12.1 Å². The monoisotopic (exact) mass is 488 g/mol. The number of para-hydroxylation sites is 1. The zero-order valence-corrected chi connectivity index (χ0v) is 19.4. The Balaban J connectivity index is 2.06. The second-order valence-electron chi connectivity index (χ2n) is 6.78. The quantitative estimate of drug-likeness (QED) is 0.340. The molecule has 4 rings (SSSR count). The number of ether oxygens (including phenoxy) is 3. The highest BCUT2D eigenvalue weighted by Crippen LogP contribution is 2.37. The standard InChI is InChI=1S/C21H21FN6O5S/c1-4-33-16-10-5-7-12(24-16)20-27-19-21(25-13(18(22)26-19)11-23-34(29)30)28(20)17-14(31-2)8-6-9-15(17)32-3/h5-10,34H,4,11H2,1-3H3,(H,23,29,30). The summed E-state index contributed by atoms with van der Waals surface area (Å²) in [6, 6.07) is 10.4. The van der Waals surface area contributed by atoms with E-state index in [1.807, 2.05) is 6.92 Å². The summed E-state index contributed by atoms with van der Waals surface area (Å²) in [6.07, 6.45) is 0. The Labute approximate surface area is 195 Å². The van der Waals surface area contributed by atoms with Crippen molar-refractivity contribution >= 4 is 22.2 Å². The minimum atomic E-state index is -2.96. The molecule has 0 aliphatic heterocycles. The molecule has 4 aromatic rings. The van der Waals surface area contributed by atoms with E-state index in [-0.39, 0.29) is 29.4 Å². The molecule has 178 valence electrons. The van der Waals surface area contributed by atoms with Gasteiger partial charge in [0.05, 0.1) is 27.4 Å². The van der Waals surface area contributed by atoms with E-state index in [1.165, 1.54) is 14.2 Å². The van der Waals surface area contributed by atoms with Crippen LogP contribution in [0.2, 0.25) is 0 Å². The first-order chi connectivity index (χ1) is 16.5. The van der Waals surface area contributed by atoms with Crippen molar-refractivity contribution in [2.75, 3.05) is 20.8 Å². The number of fused-ring (bicyclic) bond motifs is 1. The fourth-order valence-corrected chi connectivity index (χ4v) is 3.64. The van der Waals surface area contributed by atoms with Gasteiger partial charge in [-0.25, -0.2) is 28.1 Å². The van der Waals surface area contributed by atoms with Crippen molar-refractivity contribution in [1.29, 1.82) is 0 Å². The molecule has 1 N–H and O–H groups in total. The number of benzene rings is 1. The highest BCUT2D eigenvalue weighted by molar-refractivity contribution is 7.70. The van der Waals surface area contributed by atoms with E-state index in [1.54, 1.807) is 41.0 Å². The Kier molecular flexibility index (Phi) is 6.84. The minimum absolute atomic E-state index is 0.0145. The van der Waals surface area contributed by atoms with Crippen molar-refractivity contribution in [3.8, 4) is 34.6 Å². The summed E-state index contributed by atoms with van der Waals surface area (Å²) in [7, 11) is 0.0371. The van der Waals surface area contributed by atoms with Gasteiger partial charge in [0.2, 0.25) is 28.4 Å². The Morgan fingerprint density at radius 2 is 1.71 bits per heavy atom. The summed E-state index contributed by atoms with van der Waals surface area (Å²) < 4.78 is 56.9. The van der Waals surface area contributed by atoms with Crippen LogP contribution in [0.1, 0.15) is 12.6 Å². The molecule has 0 fully saturated rings. The van der Waals surface area contributed by atoms with E-state index in [9.17, 15) is 12.8 Å². The first kappa shape index (κ1) is 23.3. The number of rotatable bonds is 9. The Hall–Kier alpha value is -3.84. The lowest BCUT2D eigenvalue weighted by Gasteiger charge is -2.16. The molecule has 0 spiro atoms. The van der Waals surface area contributed by atoms with E-state index in [0.29, 0.717) is 35.4 Å². The molecule has 0 aliphatic carbocycles. The van der Waals surface area contributed by atoms with Gasteiger partial charge in [0.1, 0.15) is 28.6 Å². The van der Waals surface area contributed by atoms with Crippen LogP contribution >= 0.6 is 0 Å². The van der Waals surface area contributed by atoms with Gasteiger partial charge in [-0.2, -0.15) is 9.37 Å². The van der Waals surface area contributed by atoms with Gasteiger partial charge < -0.3 is 14.2 Å². The Morgan fingerprint density at radius 1 is 1.00 bits per heavy atom. The first-order valence-corrected chi connectivity index (χ1v) is 11.3. The second kappa shape index (κ2) is 9.97. The molecule has 0 atom stereocenters. The molecule has 0 bridgehead atoms. The molecule has 13 heteroatoms. The van der Waals surface area contributed by atoms with Crippen LogP contribution in [0.25, 0.3) is 28.5 Å². The molecule has 1 aromatic carbocycles. The molecule has 11 nitrogen and oxygen atoms in total.